The Kier molecular flexibility index (Phi) is 4.33. The van der Waals surface area contributed by atoms with E-state index in [-0.39, 0.29) is 13.0 Å². The van der Waals surface area contributed by atoms with Crippen molar-refractivity contribution in [3.8, 4) is 0 Å². The van der Waals surface area contributed by atoms with E-state index >= 15 is 0 Å². The SMILES string of the molecule is COCCC1C([N+](=O)[O-])=CC=CC1(C(=O)O)[N+](=O)[O-]. The third-order valence-corrected chi connectivity index (χ3v) is 2.97. The molecular formula is C10H12N2O7. The molecule has 0 bridgehead atoms. The summed E-state index contributed by atoms with van der Waals surface area (Å²) >= 11 is 0. The smallest absolute Gasteiger partial charge is 0.387 e. The molecule has 0 saturated heterocycles. The highest BCUT2D eigenvalue weighted by molar-refractivity contribution is 5.81. The van der Waals surface area contributed by atoms with Gasteiger partial charge >= 0.3 is 11.5 Å². The Morgan fingerprint density at radius 1 is 1.53 bits per heavy atom. The number of ether oxygens (including phenoxy) is 1. The lowest BCUT2D eigenvalue weighted by Gasteiger charge is -2.26. The summed E-state index contributed by atoms with van der Waals surface area (Å²) in [5.41, 5.74) is -3.03. The third-order valence-electron chi connectivity index (χ3n) is 2.97. The first-order chi connectivity index (χ1) is 8.87. The summed E-state index contributed by atoms with van der Waals surface area (Å²) in [6.45, 7) is -0.0213. The topological polar surface area (TPSA) is 133 Å². The van der Waals surface area contributed by atoms with E-state index in [1.165, 1.54) is 7.11 Å². The predicted molar refractivity (Wildman–Crippen MR) is 61.6 cm³/mol. The molecule has 1 aliphatic carbocycles. The lowest BCUT2D eigenvalue weighted by atomic mass is 9.77. The quantitative estimate of drug-likeness (QED) is 0.548. The van der Waals surface area contributed by atoms with Crippen molar-refractivity contribution >= 4 is 5.97 Å². The van der Waals surface area contributed by atoms with E-state index in [0.29, 0.717) is 0 Å². The summed E-state index contributed by atoms with van der Waals surface area (Å²) < 4.78 is 4.74. The molecule has 0 aliphatic heterocycles. The van der Waals surface area contributed by atoms with Crippen LogP contribution < -0.4 is 0 Å². The van der Waals surface area contributed by atoms with Gasteiger partial charge in [-0.05, 0) is 6.42 Å². The van der Waals surface area contributed by atoms with Gasteiger partial charge in [-0.3, -0.25) is 20.2 Å². The van der Waals surface area contributed by atoms with Crippen LogP contribution in [0.5, 0.6) is 0 Å². The van der Waals surface area contributed by atoms with Crippen LogP contribution in [0.15, 0.2) is 23.9 Å². The van der Waals surface area contributed by atoms with E-state index in [1.54, 1.807) is 0 Å². The van der Waals surface area contributed by atoms with Gasteiger partial charge in [0.1, 0.15) is 5.92 Å². The highest BCUT2D eigenvalue weighted by atomic mass is 16.6. The van der Waals surface area contributed by atoms with Gasteiger partial charge < -0.3 is 9.84 Å². The minimum absolute atomic E-state index is 0.0213. The summed E-state index contributed by atoms with van der Waals surface area (Å²) in [5.74, 6) is -3.12. The number of carboxylic acids is 1. The van der Waals surface area contributed by atoms with Gasteiger partial charge in [0.05, 0.1) is 4.92 Å². The zero-order chi connectivity index (χ0) is 14.6. The molecule has 1 N–H and O–H groups in total. The highest BCUT2D eigenvalue weighted by Gasteiger charge is 2.61. The second-order valence-corrected chi connectivity index (χ2v) is 3.93. The number of methoxy groups -OCH3 is 1. The van der Waals surface area contributed by atoms with Crippen molar-refractivity contribution in [3.05, 3.63) is 44.2 Å². The lowest BCUT2D eigenvalue weighted by molar-refractivity contribution is -0.559. The molecule has 1 aliphatic rings. The maximum atomic E-state index is 11.3. The zero-order valence-electron chi connectivity index (χ0n) is 10.0. The molecule has 0 amide bonds. The van der Waals surface area contributed by atoms with Crippen LogP contribution in [0.2, 0.25) is 0 Å². The molecule has 0 aromatic rings. The van der Waals surface area contributed by atoms with Crippen molar-refractivity contribution < 1.29 is 24.5 Å². The molecule has 0 aromatic heterocycles. The number of hydrogen-bond donors (Lipinski definition) is 1. The number of aliphatic carboxylic acids is 1. The van der Waals surface area contributed by atoms with Crippen LogP contribution in [-0.4, -0.2) is 40.2 Å². The summed E-state index contributed by atoms with van der Waals surface area (Å²) in [6.07, 6.45) is 2.83. The fourth-order valence-corrected chi connectivity index (χ4v) is 2.03. The van der Waals surface area contributed by atoms with Crippen LogP contribution in [0.4, 0.5) is 0 Å². The molecule has 0 fully saturated rings. The fraction of sp³-hybridized carbons (Fsp3) is 0.500. The normalized spacial score (nSPS) is 25.7. The average Bonchev–Trinajstić information content (AvgIpc) is 2.34. The number of allylic oxidation sites excluding steroid dienone is 2. The first-order valence-electron chi connectivity index (χ1n) is 5.28. The Bertz CT molecular complexity index is 454. The standard InChI is InChI=1S/C10H12N2O7/c1-19-6-4-7-8(11(15)16)3-2-5-10(7,9(13)14)12(17)18/h2-3,5,7H,4,6H2,1H3,(H,13,14). The Balaban J connectivity index is 3.32. The molecule has 0 spiro atoms. The van der Waals surface area contributed by atoms with Crippen molar-refractivity contribution in [1.82, 2.24) is 0 Å². The predicted octanol–water partition coefficient (Wildman–Crippen LogP) is 0.470. The zero-order valence-corrected chi connectivity index (χ0v) is 10.0. The Hall–Kier alpha value is -2.29. The molecule has 1 rings (SSSR count). The van der Waals surface area contributed by atoms with Crippen molar-refractivity contribution in [2.45, 2.75) is 12.0 Å². The van der Waals surface area contributed by atoms with Crippen molar-refractivity contribution in [1.29, 1.82) is 0 Å². The van der Waals surface area contributed by atoms with Gasteiger partial charge in [-0.25, -0.2) is 4.79 Å². The number of rotatable bonds is 6. The van der Waals surface area contributed by atoms with Gasteiger partial charge in [0.2, 0.25) is 0 Å². The van der Waals surface area contributed by atoms with Crippen molar-refractivity contribution in [2.24, 2.45) is 5.92 Å². The lowest BCUT2D eigenvalue weighted by Crippen LogP contribution is -2.53. The minimum Gasteiger partial charge on any atom is -0.476 e. The molecule has 9 nitrogen and oxygen atoms in total. The van der Waals surface area contributed by atoms with Gasteiger partial charge in [0, 0.05) is 30.8 Å². The molecule has 2 atom stereocenters. The maximum absolute atomic E-state index is 11.3. The molecule has 0 heterocycles. The second kappa shape index (κ2) is 5.57. The maximum Gasteiger partial charge on any atom is 0.387 e. The Morgan fingerprint density at radius 3 is 2.58 bits per heavy atom. The first kappa shape index (κ1) is 14.8. The van der Waals surface area contributed by atoms with Crippen LogP contribution in [0.25, 0.3) is 0 Å². The molecule has 104 valence electrons. The molecular weight excluding hydrogens is 260 g/mol. The molecule has 2 unspecified atom stereocenters. The van der Waals surface area contributed by atoms with Crippen LogP contribution in [0.1, 0.15) is 6.42 Å². The van der Waals surface area contributed by atoms with Gasteiger partial charge in [0.15, 0.2) is 0 Å². The molecule has 0 radical (unpaired) electrons. The number of carbonyl (C=O) groups is 1. The van der Waals surface area contributed by atoms with Crippen LogP contribution in [0.3, 0.4) is 0 Å². The van der Waals surface area contributed by atoms with Crippen molar-refractivity contribution in [3.63, 3.8) is 0 Å². The van der Waals surface area contributed by atoms with Gasteiger partial charge in [-0.1, -0.05) is 6.08 Å². The molecule has 0 saturated carbocycles. The van der Waals surface area contributed by atoms with E-state index < -0.39 is 33.0 Å². The second-order valence-electron chi connectivity index (χ2n) is 3.93. The summed E-state index contributed by atoms with van der Waals surface area (Å²) in [6, 6.07) is 0. The van der Waals surface area contributed by atoms with Gasteiger partial charge in [-0.2, -0.15) is 0 Å². The number of nitro groups is 2. The summed E-state index contributed by atoms with van der Waals surface area (Å²) in [7, 11) is 1.32. The van der Waals surface area contributed by atoms with Crippen LogP contribution >= 0.6 is 0 Å². The van der Waals surface area contributed by atoms with Crippen molar-refractivity contribution in [2.75, 3.05) is 13.7 Å². The largest absolute Gasteiger partial charge is 0.476 e. The van der Waals surface area contributed by atoms with E-state index in [2.05, 4.69) is 0 Å². The molecule has 9 heteroatoms. The van der Waals surface area contributed by atoms with E-state index in [4.69, 9.17) is 9.84 Å². The first-order valence-corrected chi connectivity index (χ1v) is 5.28. The summed E-state index contributed by atoms with van der Waals surface area (Å²) in [4.78, 5) is 31.5. The van der Waals surface area contributed by atoms with E-state index in [0.717, 1.165) is 18.2 Å². The Labute approximate surface area is 107 Å². The van der Waals surface area contributed by atoms with Crippen LogP contribution in [0, 0.1) is 26.1 Å². The minimum atomic E-state index is -2.53. The molecule has 0 aromatic carbocycles. The van der Waals surface area contributed by atoms with E-state index in [1.807, 2.05) is 0 Å². The Morgan fingerprint density at radius 2 is 2.16 bits per heavy atom. The monoisotopic (exact) mass is 272 g/mol. The highest BCUT2D eigenvalue weighted by Crippen LogP contribution is 2.36. The van der Waals surface area contributed by atoms with Gasteiger partial charge in [-0.15, -0.1) is 0 Å². The number of hydrogen-bond acceptors (Lipinski definition) is 6. The summed E-state index contributed by atoms with van der Waals surface area (Å²) in [5, 5.41) is 31.2. The number of carboxylic acid groups (broad SMARTS) is 1. The molecule has 19 heavy (non-hydrogen) atoms. The third kappa shape index (κ3) is 2.45. The number of nitrogens with zero attached hydrogens (tertiary/aromatic N) is 2. The van der Waals surface area contributed by atoms with Gasteiger partial charge in [0.25, 0.3) is 5.70 Å². The van der Waals surface area contributed by atoms with E-state index in [9.17, 15) is 25.0 Å². The fourth-order valence-electron chi connectivity index (χ4n) is 2.03. The van der Waals surface area contributed by atoms with Crippen LogP contribution in [-0.2, 0) is 9.53 Å². The average molecular weight is 272 g/mol.